The zero-order chi connectivity index (χ0) is 28.7. The first-order chi connectivity index (χ1) is 19.7. The predicted octanol–water partition coefficient (Wildman–Crippen LogP) is 5.82. The van der Waals surface area contributed by atoms with Crippen molar-refractivity contribution < 1.29 is 18.7 Å². The normalized spacial score (nSPS) is 14.1. The summed E-state index contributed by atoms with van der Waals surface area (Å²) in [7, 11) is 0. The SMILES string of the molecule is CC(C)(C)OC(=O)N1CCN(n2cnc3cnc4cc(F)c(-c5ccc(Oc6ncccn6)cc5Cl)cc4c32)CC1. The van der Waals surface area contributed by atoms with Crippen molar-refractivity contribution in [2.45, 2.75) is 26.4 Å². The summed E-state index contributed by atoms with van der Waals surface area (Å²) in [5.74, 6) is -0.0258. The monoisotopic (exact) mass is 575 g/mol. The molecule has 3 aromatic heterocycles. The van der Waals surface area contributed by atoms with Gasteiger partial charge in [0, 0.05) is 54.1 Å². The van der Waals surface area contributed by atoms with Crippen LogP contribution in [0.5, 0.6) is 11.8 Å². The fourth-order valence-electron chi connectivity index (χ4n) is 4.76. The number of hydrogen-bond acceptors (Lipinski definition) is 8. The highest BCUT2D eigenvalue weighted by Crippen LogP contribution is 2.37. The number of rotatable bonds is 4. The molecule has 0 unspecified atom stereocenters. The van der Waals surface area contributed by atoms with Crippen molar-refractivity contribution >= 4 is 39.6 Å². The van der Waals surface area contributed by atoms with Crippen molar-refractivity contribution in [1.82, 2.24) is 29.5 Å². The topological polar surface area (TPSA) is 98.5 Å². The maximum atomic E-state index is 15.4. The highest BCUT2D eigenvalue weighted by Gasteiger charge is 2.27. The van der Waals surface area contributed by atoms with E-state index in [2.05, 4.69) is 24.9 Å². The van der Waals surface area contributed by atoms with E-state index < -0.39 is 11.4 Å². The first-order valence-electron chi connectivity index (χ1n) is 13.1. The summed E-state index contributed by atoms with van der Waals surface area (Å²) in [4.78, 5) is 31.3. The van der Waals surface area contributed by atoms with Gasteiger partial charge in [-0.2, -0.15) is 0 Å². The molecule has 1 saturated heterocycles. The van der Waals surface area contributed by atoms with Gasteiger partial charge < -0.3 is 19.4 Å². The lowest BCUT2D eigenvalue weighted by Gasteiger charge is -2.37. The van der Waals surface area contributed by atoms with Crippen LogP contribution in [0.15, 0.2) is 61.3 Å². The fraction of sp³-hybridized carbons (Fsp3) is 0.276. The Hall–Kier alpha value is -4.51. The van der Waals surface area contributed by atoms with Gasteiger partial charge >= 0.3 is 12.1 Å². The van der Waals surface area contributed by atoms with Gasteiger partial charge in [0.05, 0.1) is 29.8 Å². The molecule has 41 heavy (non-hydrogen) atoms. The highest BCUT2D eigenvalue weighted by atomic mass is 35.5. The predicted molar refractivity (Wildman–Crippen MR) is 153 cm³/mol. The third kappa shape index (κ3) is 5.45. The van der Waals surface area contributed by atoms with Crippen molar-refractivity contribution in [3.63, 3.8) is 0 Å². The molecule has 1 fully saturated rings. The number of hydrogen-bond donors (Lipinski definition) is 0. The van der Waals surface area contributed by atoms with Crippen molar-refractivity contribution in [1.29, 1.82) is 0 Å². The van der Waals surface area contributed by atoms with Gasteiger partial charge in [-0.05, 0) is 45.0 Å². The minimum Gasteiger partial charge on any atom is -0.444 e. The van der Waals surface area contributed by atoms with Crippen LogP contribution in [0.2, 0.25) is 5.02 Å². The first-order valence-corrected chi connectivity index (χ1v) is 13.5. The second kappa shape index (κ2) is 10.5. The standard InChI is InChI=1S/C29H27ClFN7O3/c1-29(2,3)41-28(39)36-9-11-37(12-10-36)38-17-35-25-16-34-24-15-23(31)20(14-21(24)26(25)38)19-6-5-18(13-22(19)30)40-27-32-7-4-8-33-27/h4-8,13-17H,9-12H2,1-3H3. The van der Waals surface area contributed by atoms with Crippen LogP contribution in [-0.2, 0) is 4.74 Å². The van der Waals surface area contributed by atoms with Crippen molar-refractivity contribution in [2.24, 2.45) is 0 Å². The van der Waals surface area contributed by atoms with Crippen LogP contribution in [0, 0.1) is 5.82 Å². The second-order valence-corrected chi connectivity index (χ2v) is 11.0. The summed E-state index contributed by atoms with van der Waals surface area (Å²) in [6, 6.07) is 10.0. The van der Waals surface area contributed by atoms with Crippen LogP contribution < -0.4 is 9.75 Å². The molecule has 0 bridgehead atoms. The minimum absolute atomic E-state index is 0.182. The number of benzene rings is 2. The molecule has 0 aliphatic carbocycles. The number of imidazole rings is 1. The van der Waals surface area contributed by atoms with E-state index in [-0.39, 0.29) is 12.1 Å². The zero-order valence-corrected chi connectivity index (χ0v) is 23.5. The first kappa shape index (κ1) is 26.7. The highest BCUT2D eigenvalue weighted by molar-refractivity contribution is 6.33. The van der Waals surface area contributed by atoms with E-state index in [0.29, 0.717) is 59.1 Å². The Bertz CT molecular complexity index is 1750. The Balaban J connectivity index is 1.32. The third-order valence-corrected chi connectivity index (χ3v) is 6.95. The quantitative estimate of drug-likeness (QED) is 0.265. The van der Waals surface area contributed by atoms with E-state index in [1.165, 1.54) is 6.07 Å². The maximum Gasteiger partial charge on any atom is 0.410 e. The van der Waals surface area contributed by atoms with Gasteiger partial charge in [0.2, 0.25) is 0 Å². The number of pyridine rings is 1. The van der Waals surface area contributed by atoms with Crippen LogP contribution >= 0.6 is 11.6 Å². The van der Waals surface area contributed by atoms with Crippen LogP contribution in [0.25, 0.3) is 33.1 Å². The molecular formula is C29H27ClFN7O3. The summed E-state index contributed by atoms with van der Waals surface area (Å²) in [6.07, 6.45) is 6.18. The summed E-state index contributed by atoms with van der Waals surface area (Å²) in [5, 5.41) is 3.13. The molecule has 6 rings (SSSR count). The molecule has 12 heteroatoms. The van der Waals surface area contributed by atoms with Crippen LogP contribution in [0.4, 0.5) is 9.18 Å². The van der Waals surface area contributed by atoms with E-state index in [1.54, 1.807) is 60.1 Å². The van der Waals surface area contributed by atoms with Gasteiger partial charge in [-0.3, -0.25) is 4.98 Å². The Labute approximate surface area is 240 Å². The molecule has 1 aliphatic rings. The number of halogens is 2. The van der Waals surface area contributed by atoms with Gasteiger partial charge in [0.25, 0.3) is 0 Å². The Morgan fingerprint density at radius 1 is 0.951 bits per heavy atom. The van der Waals surface area contributed by atoms with E-state index in [4.69, 9.17) is 21.1 Å². The zero-order valence-electron chi connectivity index (χ0n) is 22.7. The Kier molecular flexibility index (Phi) is 6.82. The lowest BCUT2D eigenvalue weighted by atomic mass is 10.0. The average molecular weight is 576 g/mol. The lowest BCUT2D eigenvalue weighted by Crippen LogP contribution is -2.53. The summed E-state index contributed by atoms with van der Waals surface area (Å²) in [5.41, 5.74) is 2.22. The molecule has 1 amide bonds. The molecule has 0 N–H and O–H groups in total. The van der Waals surface area contributed by atoms with Crippen LogP contribution in [-0.4, -0.2) is 67.4 Å². The van der Waals surface area contributed by atoms with Gasteiger partial charge in [-0.15, -0.1) is 0 Å². The van der Waals surface area contributed by atoms with E-state index in [1.807, 2.05) is 25.4 Å². The number of aromatic nitrogens is 5. The molecule has 0 saturated carbocycles. The Morgan fingerprint density at radius 3 is 2.41 bits per heavy atom. The number of amides is 1. The molecule has 1 aliphatic heterocycles. The second-order valence-electron chi connectivity index (χ2n) is 10.6. The van der Waals surface area contributed by atoms with Crippen molar-refractivity contribution in [2.75, 3.05) is 31.2 Å². The van der Waals surface area contributed by atoms with Gasteiger partial charge in [0.1, 0.15) is 34.5 Å². The fourth-order valence-corrected chi connectivity index (χ4v) is 5.03. The molecule has 0 atom stereocenters. The summed E-state index contributed by atoms with van der Waals surface area (Å²) < 4.78 is 28.6. The van der Waals surface area contributed by atoms with Crippen molar-refractivity contribution in [3.8, 4) is 22.9 Å². The molecule has 0 radical (unpaired) electrons. The maximum absolute atomic E-state index is 15.4. The Morgan fingerprint density at radius 2 is 1.71 bits per heavy atom. The molecule has 4 heterocycles. The molecular weight excluding hydrogens is 549 g/mol. The van der Waals surface area contributed by atoms with E-state index >= 15 is 4.39 Å². The number of piperazine rings is 1. The summed E-state index contributed by atoms with van der Waals surface area (Å²) in [6.45, 7) is 7.69. The molecule has 2 aromatic carbocycles. The number of fused-ring (bicyclic) bond motifs is 3. The third-order valence-electron chi connectivity index (χ3n) is 6.64. The molecule has 10 nitrogen and oxygen atoms in total. The van der Waals surface area contributed by atoms with E-state index in [9.17, 15) is 4.79 Å². The van der Waals surface area contributed by atoms with Crippen LogP contribution in [0.1, 0.15) is 20.8 Å². The number of carbonyl (C=O) groups is 1. The van der Waals surface area contributed by atoms with Crippen molar-refractivity contribution in [3.05, 3.63) is 72.2 Å². The number of ether oxygens (including phenoxy) is 2. The molecule has 210 valence electrons. The van der Waals surface area contributed by atoms with E-state index in [0.717, 1.165) is 10.9 Å². The number of carbonyl (C=O) groups excluding carboxylic acids is 1. The molecule has 0 spiro atoms. The average Bonchev–Trinajstić information content (AvgIpc) is 3.37. The van der Waals surface area contributed by atoms with Crippen LogP contribution in [0.3, 0.4) is 0 Å². The van der Waals surface area contributed by atoms with Gasteiger partial charge in [-0.1, -0.05) is 11.6 Å². The lowest BCUT2D eigenvalue weighted by molar-refractivity contribution is 0.0232. The molecule has 5 aromatic rings. The summed E-state index contributed by atoms with van der Waals surface area (Å²) >= 11 is 6.61. The smallest absolute Gasteiger partial charge is 0.410 e. The number of nitrogens with zero attached hydrogens (tertiary/aromatic N) is 7. The minimum atomic E-state index is -0.555. The van der Waals surface area contributed by atoms with Gasteiger partial charge in [0.15, 0.2) is 0 Å². The van der Waals surface area contributed by atoms with Gasteiger partial charge in [-0.25, -0.2) is 28.8 Å². The largest absolute Gasteiger partial charge is 0.444 e.